The third-order valence-corrected chi connectivity index (χ3v) is 8.82. The van der Waals surface area contributed by atoms with E-state index in [9.17, 15) is 13.2 Å². The molecule has 3 rings (SSSR count). The molecule has 11 heteroatoms. The summed E-state index contributed by atoms with van der Waals surface area (Å²) >= 11 is 1.25. The largest absolute Gasteiger partial charge is 0.339 e. The number of piperidine rings is 1. The maximum absolute atomic E-state index is 12.9. The van der Waals surface area contributed by atoms with Crippen LogP contribution >= 0.6 is 11.8 Å². The highest BCUT2D eigenvalue weighted by molar-refractivity contribution is 7.99. The molecule has 1 amide bonds. The molecule has 1 aromatic carbocycles. The molecule has 2 aromatic rings. The van der Waals surface area contributed by atoms with Crippen LogP contribution in [-0.4, -0.2) is 69.8 Å². The van der Waals surface area contributed by atoms with Gasteiger partial charge in [0.2, 0.25) is 21.1 Å². The highest BCUT2D eigenvalue weighted by Gasteiger charge is 2.26. The van der Waals surface area contributed by atoms with Crippen molar-refractivity contribution in [3.8, 4) is 11.4 Å². The number of carbonyl (C=O) groups is 1. The van der Waals surface area contributed by atoms with E-state index in [1.54, 1.807) is 38.1 Å². The van der Waals surface area contributed by atoms with Crippen molar-refractivity contribution in [1.82, 2.24) is 24.1 Å². The van der Waals surface area contributed by atoms with Crippen LogP contribution in [0.4, 0.5) is 0 Å². The van der Waals surface area contributed by atoms with Crippen molar-refractivity contribution in [2.24, 2.45) is 0 Å². The van der Waals surface area contributed by atoms with E-state index in [0.29, 0.717) is 35.7 Å². The Bertz CT molecular complexity index is 1040. The van der Waals surface area contributed by atoms with Crippen LogP contribution in [-0.2, 0) is 14.8 Å². The van der Waals surface area contributed by atoms with Gasteiger partial charge in [0.1, 0.15) is 0 Å². The molecule has 1 aliphatic rings. The summed E-state index contributed by atoms with van der Waals surface area (Å²) in [7, 11) is -3.60. The maximum Gasteiger partial charge on any atom is 0.243 e. The smallest absolute Gasteiger partial charge is 0.243 e. The van der Waals surface area contributed by atoms with Gasteiger partial charge in [-0.2, -0.15) is 4.31 Å². The SMILES string of the molecule is CCC1CCCCN1C(=O)CSc1nnc(-c2cccc(S(=O)(=O)N(CC)CC)c2)n1N. The van der Waals surface area contributed by atoms with Crippen LogP contribution < -0.4 is 5.84 Å². The van der Waals surface area contributed by atoms with E-state index in [0.717, 1.165) is 25.8 Å². The molecule has 176 valence electrons. The highest BCUT2D eigenvalue weighted by atomic mass is 32.2. The van der Waals surface area contributed by atoms with Gasteiger partial charge in [-0.1, -0.05) is 44.7 Å². The lowest BCUT2D eigenvalue weighted by molar-refractivity contribution is -0.132. The van der Waals surface area contributed by atoms with Gasteiger partial charge < -0.3 is 10.7 Å². The van der Waals surface area contributed by atoms with E-state index >= 15 is 0 Å². The summed E-state index contributed by atoms with van der Waals surface area (Å²) in [6.07, 6.45) is 4.22. The average molecular weight is 481 g/mol. The molecule has 0 saturated carbocycles. The van der Waals surface area contributed by atoms with Gasteiger partial charge in [0.25, 0.3) is 0 Å². The molecule has 0 spiro atoms. The molecule has 9 nitrogen and oxygen atoms in total. The fourth-order valence-electron chi connectivity index (χ4n) is 4.04. The zero-order valence-electron chi connectivity index (χ0n) is 18.9. The predicted octanol–water partition coefficient (Wildman–Crippen LogP) is 2.57. The van der Waals surface area contributed by atoms with E-state index < -0.39 is 10.0 Å². The summed E-state index contributed by atoms with van der Waals surface area (Å²) in [4.78, 5) is 14.9. The number of carbonyl (C=O) groups excluding carboxylic acids is 1. The monoisotopic (exact) mass is 480 g/mol. The molecule has 1 unspecified atom stereocenters. The number of sulfonamides is 1. The number of likely N-dealkylation sites (tertiary alicyclic amines) is 1. The fourth-order valence-corrected chi connectivity index (χ4v) is 6.29. The van der Waals surface area contributed by atoms with Crippen LogP contribution in [0.3, 0.4) is 0 Å². The number of rotatable bonds is 9. The lowest BCUT2D eigenvalue weighted by Gasteiger charge is -2.35. The van der Waals surface area contributed by atoms with E-state index in [2.05, 4.69) is 17.1 Å². The zero-order chi connectivity index (χ0) is 23.3. The van der Waals surface area contributed by atoms with Gasteiger partial charge >= 0.3 is 0 Å². The molecule has 1 aromatic heterocycles. The summed E-state index contributed by atoms with van der Waals surface area (Å²) in [6.45, 7) is 7.30. The minimum absolute atomic E-state index is 0.0819. The Labute approximate surface area is 194 Å². The topological polar surface area (TPSA) is 114 Å². The van der Waals surface area contributed by atoms with Gasteiger partial charge in [-0.05, 0) is 37.8 Å². The highest BCUT2D eigenvalue weighted by Crippen LogP contribution is 2.26. The molecule has 1 saturated heterocycles. The minimum Gasteiger partial charge on any atom is -0.339 e. The third kappa shape index (κ3) is 5.10. The molecule has 0 aliphatic carbocycles. The molecule has 1 atom stereocenters. The van der Waals surface area contributed by atoms with Crippen molar-refractivity contribution in [2.45, 2.75) is 62.5 Å². The lowest BCUT2D eigenvalue weighted by atomic mass is 10.0. The van der Waals surface area contributed by atoms with Crippen molar-refractivity contribution in [1.29, 1.82) is 0 Å². The quantitative estimate of drug-likeness (QED) is 0.433. The fraction of sp³-hybridized carbons (Fsp3) is 0.571. The molecule has 1 aliphatic heterocycles. The number of thioether (sulfide) groups is 1. The summed E-state index contributed by atoms with van der Waals surface area (Å²) in [6, 6.07) is 6.83. The molecule has 2 N–H and O–H groups in total. The first-order valence-corrected chi connectivity index (χ1v) is 13.5. The van der Waals surface area contributed by atoms with Gasteiger partial charge in [-0.3, -0.25) is 4.79 Å². The van der Waals surface area contributed by atoms with E-state index in [4.69, 9.17) is 5.84 Å². The Balaban J connectivity index is 1.76. The van der Waals surface area contributed by atoms with Crippen molar-refractivity contribution >= 4 is 27.7 Å². The number of benzene rings is 1. The number of hydrogen-bond donors (Lipinski definition) is 1. The number of aromatic nitrogens is 3. The predicted molar refractivity (Wildman–Crippen MR) is 126 cm³/mol. The number of nitrogen functional groups attached to an aromatic ring is 1. The Morgan fingerprint density at radius 2 is 1.97 bits per heavy atom. The second-order valence-corrected chi connectivity index (χ2v) is 10.6. The molecule has 0 bridgehead atoms. The standard InChI is InChI=1S/C21H32N6O3S2/c1-4-17-11-7-8-13-26(17)19(28)15-31-21-24-23-20(27(21)22)16-10-9-12-18(14-16)32(29,30)25(5-2)6-3/h9-10,12,14,17H,4-8,11,13,15,22H2,1-3H3. The Hall–Kier alpha value is -2.11. The van der Waals surface area contributed by atoms with E-state index in [1.165, 1.54) is 27.2 Å². The lowest BCUT2D eigenvalue weighted by Crippen LogP contribution is -2.44. The number of hydrogen-bond acceptors (Lipinski definition) is 7. The van der Waals surface area contributed by atoms with Crippen LogP contribution in [0.15, 0.2) is 34.3 Å². The second-order valence-electron chi connectivity index (χ2n) is 7.73. The molecule has 32 heavy (non-hydrogen) atoms. The molecule has 1 fully saturated rings. The number of amides is 1. The van der Waals surface area contributed by atoms with Crippen LogP contribution in [0, 0.1) is 0 Å². The first-order chi connectivity index (χ1) is 15.3. The average Bonchev–Trinajstić information content (AvgIpc) is 3.18. The second kappa shape index (κ2) is 10.7. The minimum atomic E-state index is -3.60. The van der Waals surface area contributed by atoms with Crippen molar-refractivity contribution in [2.75, 3.05) is 31.2 Å². The summed E-state index contributed by atoms with van der Waals surface area (Å²) < 4.78 is 28.4. The van der Waals surface area contributed by atoms with Crippen LogP contribution in [0.2, 0.25) is 0 Å². The summed E-state index contributed by atoms with van der Waals surface area (Å²) in [5, 5.41) is 8.69. The van der Waals surface area contributed by atoms with Crippen LogP contribution in [0.1, 0.15) is 46.5 Å². The Morgan fingerprint density at radius 3 is 2.66 bits per heavy atom. The van der Waals surface area contributed by atoms with Crippen molar-refractivity contribution in [3.05, 3.63) is 24.3 Å². The van der Waals surface area contributed by atoms with Crippen molar-refractivity contribution in [3.63, 3.8) is 0 Å². The van der Waals surface area contributed by atoms with Gasteiger partial charge in [0.15, 0.2) is 5.82 Å². The van der Waals surface area contributed by atoms with Gasteiger partial charge in [0.05, 0.1) is 10.6 Å². The zero-order valence-corrected chi connectivity index (χ0v) is 20.5. The Morgan fingerprint density at radius 1 is 1.22 bits per heavy atom. The molecular formula is C21H32N6O3S2. The first kappa shape index (κ1) is 24.5. The normalized spacial score (nSPS) is 17.1. The first-order valence-electron chi connectivity index (χ1n) is 11.1. The van der Waals surface area contributed by atoms with Gasteiger partial charge in [0, 0.05) is 31.2 Å². The van der Waals surface area contributed by atoms with Crippen molar-refractivity contribution < 1.29 is 13.2 Å². The summed E-state index contributed by atoms with van der Waals surface area (Å²) in [5.74, 6) is 6.88. The van der Waals surface area contributed by atoms with E-state index in [1.807, 2.05) is 4.90 Å². The number of nitrogens with zero attached hydrogens (tertiary/aromatic N) is 5. The molecule has 2 heterocycles. The van der Waals surface area contributed by atoms with Gasteiger partial charge in [-0.15, -0.1) is 10.2 Å². The number of nitrogens with two attached hydrogens (primary N) is 1. The Kier molecular flexibility index (Phi) is 8.18. The van der Waals surface area contributed by atoms with E-state index in [-0.39, 0.29) is 16.6 Å². The van der Waals surface area contributed by atoms with Crippen LogP contribution in [0.25, 0.3) is 11.4 Å². The third-order valence-electron chi connectivity index (χ3n) is 5.84. The van der Waals surface area contributed by atoms with Gasteiger partial charge in [-0.25, -0.2) is 13.1 Å². The molecular weight excluding hydrogens is 448 g/mol. The molecule has 0 radical (unpaired) electrons. The summed E-state index contributed by atoms with van der Waals surface area (Å²) in [5.41, 5.74) is 0.550. The maximum atomic E-state index is 12.9. The van der Waals surface area contributed by atoms with Crippen LogP contribution in [0.5, 0.6) is 0 Å².